The van der Waals surface area contributed by atoms with Gasteiger partial charge in [0.25, 0.3) is 0 Å². The van der Waals surface area contributed by atoms with Crippen LogP contribution in [0.2, 0.25) is 0 Å². The van der Waals surface area contributed by atoms with E-state index in [0.717, 1.165) is 4.58 Å². The first-order chi connectivity index (χ1) is 4.93. The molecular formula is C6H11S3Sb. The van der Waals surface area contributed by atoms with E-state index in [0.29, 0.717) is 0 Å². The quantitative estimate of drug-likeness (QED) is 0.435. The molecule has 0 saturated carbocycles. The molecule has 0 radical (unpaired) electrons. The molecule has 0 amide bonds. The van der Waals surface area contributed by atoms with E-state index >= 15 is 0 Å². The van der Waals surface area contributed by atoms with Crippen molar-refractivity contribution in [1.29, 1.82) is 0 Å². The number of thioether (sulfide) groups is 1. The summed E-state index contributed by atoms with van der Waals surface area (Å²) in [7, 11) is 4.38. The van der Waals surface area contributed by atoms with Crippen molar-refractivity contribution < 1.29 is 0 Å². The van der Waals surface area contributed by atoms with Crippen molar-refractivity contribution in [3.63, 3.8) is 0 Å². The molecule has 0 aromatic carbocycles. The summed E-state index contributed by atoms with van der Waals surface area (Å²) in [6, 6.07) is 0. The third-order valence-corrected chi connectivity index (χ3v) is 15.5. The Bertz CT molecular complexity index is 103. The van der Waals surface area contributed by atoms with Crippen LogP contribution in [-0.2, 0) is 0 Å². The molecule has 0 aromatic heterocycles. The molecule has 0 aromatic rings. The van der Waals surface area contributed by atoms with Crippen molar-refractivity contribution in [2.24, 2.45) is 0 Å². The van der Waals surface area contributed by atoms with Crippen molar-refractivity contribution in [3.8, 4) is 0 Å². The van der Waals surface area contributed by atoms with E-state index in [-0.39, 0.29) is 18.8 Å². The van der Waals surface area contributed by atoms with Crippen molar-refractivity contribution in [3.05, 3.63) is 12.7 Å². The van der Waals surface area contributed by atoms with Crippen LogP contribution in [0.4, 0.5) is 0 Å². The molecule has 1 aliphatic heterocycles. The molecule has 0 nitrogen and oxygen atoms in total. The maximum atomic E-state index is 3.70. The average molecular weight is 301 g/mol. The third-order valence-electron chi connectivity index (χ3n) is 1.10. The van der Waals surface area contributed by atoms with Crippen molar-refractivity contribution >= 4 is 48.3 Å². The summed E-state index contributed by atoms with van der Waals surface area (Å²) in [6.45, 7) is 3.70. The second-order valence-corrected chi connectivity index (χ2v) is 14.4. The first kappa shape index (κ1) is 9.69. The molecule has 1 fully saturated rings. The molecule has 58 valence electrons. The minimum atomic E-state index is -0.113. The van der Waals surface area contributed by atoms with Gasteiger partial charge in [-0.3, -0.25) is 0 Å². The van der Waals surface area contributed by atoms with E-state index < -0.39 is 0 Å². The first-order valence-corrected chi connectivity index (χ1v) is 13.1. The maximum absolute atomic E-state index is 3.70. The van der Waals surface area contributed by atoms with Crippen LogP contribution in [0.25, 0.3) is 0 Å². The molecule has 10 heavy (non-hydrogen) atoms. The zero-order chi connectivity index (χ0) is 7.23. The van der Waals surface area contributed by atoms with Gasteiger partial charge in [-0.25, -0.2) is 0 Å². The van der Waals surface area contributed by atoms with Crippen molar-refractivity contribution in [2.75, 3.05) is 11.5 Å². The fourth-order valence-electron chi connectivity index (χ4n) is 0.488. The average Bonchev–Trinajstić information content (AvgIpc) is 1.84. The molecule has 1 rings (SSSR count). The van der Waals surface area contributed by atoms with Gasteiger partial charge < -0.3 is 0 Å². The Morgan fingerprint density at radius 2 is 2.60 bits per heavy atom. The van der Waals surface area contributed by atoms with Gasteiger partial charge in [-0.05, 0) is 0 Å². The van der Waals surface area contributed by atoms with Gasteiger partial charge in [-0.2, -0.15) is 0 Å². The topological polar surface area (TPSA) is 0 Å². The number of hydrogen-bond donors (Lipinski definition) is 0. The summed E-state index contributed by atoms with van der Waals surface area (Å²) in [5.41, 5.74) is 0. The van der Waals surface area contributed by atoms with Gasteiger partial charge in [0, 0.05) is 0 Å². The summed E-state index contributed by atoms with van der Waals surface area (Å²) >= 11 is 2.02. The second kappa shape index (κ2) is 6.16. The Morgan fingerprint density at radius 1 is 1.80 bits per heavy atom. The van der Waals surface area contributed by atoms with Gasteiger partial charge in [0.1, 0.15) is 0 Å². The molecule has 1 atom stereocenters. The fraction of sp³-hybridized carbons (Fsp3) is 0.667. The van der Waals surface area contributed by atoms with Crippen LogP contribution in [0, 0.1) is 0 Å². The summed E-state index contributed by atoms with van der Waals surface area (Å²) in [6.07, 6.45) is 3.48. The Morgan fingerprint density at radius 3 is 3.10 bits per heavy atom. The van der Waals surface area contributed by atoms with E-state index in [9.17, 15) is 0 Å². The van der Waals surface area contributed by atoms with Crippen LogP contribution in [-0.4, -0.2) is 34.9 Å². The Kier molecular flexibility index (Phi) is 5.97. The van der Waals surface area contributed by atoms with E-state index in [2.05, 4.69) is 36.0 Å². The van der Waals surface area contributed by atoms with E-state index in [1.165, 1.54) is 17.9 Å². The van der Waals surface area contributed by atoms with Crippen molar-refractivity contribution in [1.82, 2.24) is 0 Å². The van der Waals surface area contributed by atoms with Gasteiger partial charge in [0.05, 0.1) is 0 Å². The molecule has 1 unspecified atom stereocenters. The van der Waals surface area contributed by atoms with Crippen LogP contribution < -0.4 is 0 Å². The minimum absolute atomic E-state index is 0.113. The SMILES string of the molecule is C=CC[S][SbH][S]C1CCS1. The molecule has 0 spiro atoms. The Labute approximate surface area is 82.7 Å². The molecule has 0 N–H and O–H groups in total. The van der Waals surface area contributed by atoms with Crippen LogP contribution in [0.3, 0.4) is 0 Å². The summed E-state index contributed by atoms with van der Waals surface area (Å²) in [4.78, 5) is 0. The fourth-order valence-corrected chi connectivity index (χ4v) is 15.4. The predicted octanol–water partition coefficient (Wildman–Crippen LogP) is 2.37. The normalized spacial score (nSPS) is 23.8. The van der Waals surface area contributed by atoms with Gasteiger partial charge in [0.15, 0.2) is 0 Å². The first-order valence-electron chi connectivity index (χ1n) is 3.18. The van der Waals surface area contributed by atoms with E-state index in [1.54, 1.807) is 0 Å². The Hall–Kier alpha value is 1.61. The van der Waals surface area contributed by atoms with Gasteiger partial charge in [0.2, 0.25) is 0 Å². The third kappa shape index (κ3) is 3.84. The molecule has 0 bridgehead atoms. The standard InChI is InChI=1S/C3H6S2.C3H6S.Sb.H/c4-3-1-2-5-3;1-2-3-4;;/h3-4H,1-2H2;2,4H,1,3H2;;/q;;+2;/p-2. The zero-order valence-corrected chi connectivity index (χ0v) is 11.0. The molecule has 0 aliphatic carbocycles. The summed E-state index contributed by atoms with van der Waals surface area (Å²) < 4.78 is 0.990. The predicted molar refractivity (Wildman–Crippen MR) is 58.3 cm³/mol. The monoisotopic (exact) mass is 300 g/mol. The number of hydrogen-bond acceptors (Lipinski definition) is 3. The molecular weight excluding hydrogens is 290 g/mol. The summed E-state index contributed by atoms with van der Waals surface area (Å²) in [5.74, 6) is 2.58. The summed E-state index contributed by atoms with van der Waals surface area (Å²) in [5, 5.41) is 0. The van der Waals surface area contributed by atoms with Crippen LogP contribution in [0.5, 0.6) is 0 Å². The molecule has 1 heterocycles. The van der Waals surface area contributed by atoms with Crippen LogP contribution in [0.15, 0.2) is 12.7 Å². The van der Waals surface area contributed by atoms with Crippen molar-refractivity contribution in [2.45, 2.75) is 11.0 Å². The van der Waals surface area contributed by atoms with Crippen LogP contribution in [0.1, 0.15) is 6.42 Å². The Balaban J connectivity index is 1.80. The van der Waals surface area contributed by atoms with E-state index in [1.807, 2.05) is 6.08 Å². The molecule has 1 aliphatic rings. The number of rotatable bonds is 5. The van der Waals surface area contributed by atoms with E-state index in [4.69, 9.17) is 0 Å². The molecule has 4 heteroatoms. The zero-order valence-electron chi connectivity index (χ0n) is 5.71. The second-order valence-electron chi connectivity index (χ2n) is 1.89. The van der Waals surface area contributed by atoms with Gasteiger partial charge in [-0.1, -0.05) is 0 Å². The van der Waals surface area contributed by atoms with Gasteiger partial charge in [-0.15, -0.1) is 0 Å². The van der Waals surface area contributed by atoms with Gasteiger partial charge >= 0.3 is 83.4 Å². The molecule has 1 saturated heterocycles. The van der Waals surface area contributed by atoms with Crippen LogP contribution >= 0.6 is 29.5 Å².